The highest BCUT2D eigenvalue weighted by Gasteiger charge is 2.19. The molecule has 1 aromatic heterocycles. The smallest absolute Gasteiger partial charge is 0.358 e. The Balaban J connectivity index is 2.04. The molecule has 0 saturated heterocycles. The van der Waals surface area contributed by atoms with Gasteiger partial charge in [-0.3, -0.25) is 9.97 Å². The van der Waals surface area contributed by atoms with Gasteiger partial charge < -0.3 is 4.84 Å². The number of urea groups is 1. The summed E-state index contributed by atoms with van der Waals surface area (Å²) in [4.78, 5) is 24.0. The molecule has 9 heteroatoms. The van der Waals surface area contributed by atoms with Crippen molar-refractivity contribution < 1.29 is 9.63 Å². The van der Waals surface area contributed by atoms with Gasteiger partial charge in [-0.1, -0.05) is 5.16 Å². The lowest BCUT2D eigenvalue weighted by molar-refractivity contribution is 0.204. The highest BCUT2D eigenvalue weighted by Crippen LogP contribution is 1.98. The van der Waals surface area contributed by atoms with Crippen LogP contribution < -0.4 is 5.43 Å². The van der Waals surface area contributed by atoms with Crippen molar-refractivity contribution in [2.24, 2.45) is 15.4 Å². The van der Waals surface area contributed by atoms with E-state index in [2.05, 4.69) is 35.6 Å². The molecule has 0 fully saturated rings. The second kappa shape index (κ2) is 6.19. The predicted molar refractivity (Wildman–Crippen MR) is 67.8 cm³/mol. The largest absolute Gasteiger partial charge is 0.399 e. The molecule has 0 spiro atoms. The molecule has 2 rings (SSSR count). The molecule has 0 unspecified atom stereocenters. The molecule has 1 aromatic rings. The minimum atomic E-state index is -0.435. The number of nitrogens with zero attached hydrogens (tertiary/aromatic N) is 6. The van der Waals surface area contributed by atoms with Crippen molar-refractivity contribution in [3.05, 3.63) is 24.3 Å². The van der Waals surface area contributed by atoms with Crippen molar-refractivity contribution >= 4 is 24.2 Å². The van der Waals surface area contributed by atoms with Crippen molar-refractivity contribution in [2.45, 2.75) is 0 Å². The number of carbonyl (C=O) groups is 1. The quantitative estimate of drug-likeness (QED) is 0.599. The van der Waals surface area contributed by atoms with E-state index in [1.807, 2.05) is 0 Å². The van der Waals surface area contributed by atoms with E-state index in [0.29, 0.717) is 11.4 Å². The third-order valence-electron chi connectivity index (χ3n) is 2.06. The highest BCUT2D eigenvalue weighted by molar-refractivity contribution is 6.32. The molecular weight excluding hydrogens is 250 g/mol. The maximum Gasteiger partial charge on any atom is 0.358 e. The van der Waals surface area contributed by atoms with E-state index >= 15 is 0 Å². The summed E-state index contributed by atoms with van der Waals surface area (Å²) in [6, 6.07) is -0.435. The van der Waals surface area contributed by atoms with E-state index in [1.165, 1.54) is 36.9 Å². The van der Waals surface area contributed by atoms with Gasteiger partial charge in [-0.25, -0.2) is 15.2 Å². The normalized spacial score (nSPS) is 15.7. The zero-order valence-electron chi connectivity index (χ0n) is 10.1. The third kappa shape index (κ3) is 3.56. The fraction of sp³-hybridized carbons (Fsp3) is 0.200. The van der Waals surface area contributed by atoms with Crippen LogP contribution in [-0.4, -0.2) is 52.8 Å². The van der Waals surface area contributed by atoms with Crippen molar-refractivity contribution in [1.29, 1.82) is 0 Å². The number of hydrazone groups is 2. The first kappa shape index (κ1) is 12.6. The lowest BCUT2D eigenvalue weighted by Crippen LogP contribution is -2.43. The van der Waals surface area contributed by atoms with Gasteiger partial charge in [0.15, 0.2) is 0 Å². The minimum Gasteiger partial charge on any atom is -0.399 e. The standard InChI is InChI=1S/C10H11N7O2/c1-19-14-6-9-7-17(10(18)16-15-9)13-5-8-4-11-2-3-12-8/h2-6H,7H2,1H3,(H,16,18). The molecule has 0 radical (unpaired) electrons. The Bertz CT molecular complexity index is 526. The number of nitrogens with one attached hydrogen (secondary N) is 1. The van der Waals surface area contributed by atoms with Crippen molar-refractivity contribution in [3.63, 3.8) is 0 Å². The van der Waals surface area contributed by atoms with Gasteiger partial charge in [0.05, 0.1) is 25.2 Å². The van der Waals surface area contributed by atoms with Crippen LogP contribution in [0.2, 0.25) is 0 Å². The first-order chi connectivity index (χ1) is 9.29. The Hall–Kier alpha value is -2.84. The fourth-order valence-electron chi connectivity index (χ4n) is 1.22. The molecule has 9 nitrogen and oxygen atoms in total. The summed E-state index contributed by atoms with van der Waals surface area (Å²) in [5.74, 6) is 0. The number of aromatic nitrogens is 2. The third-order valence-corrected chi connectivity index (χ3v) is 2.06. The Morgan fingerprint density at radius 3 is 3.11 bits per heavy atom. The van der Waals surface area contributed by atoms with Crippen LogP contribution in [0.1, 0.15) is 5.69 Å². The van der Waals surface area contributed by atoms with Gasteiger partial charge in [0.25, 0.3) is 0 Å². The molecule has 0 aliphatic carbocycles. The molecule has 1 aliphatic rings. The van der Waals surface area contributed by atoms with E-state index in [0.717, 1.165) is 0 Å². The van der Waals surface area contributed by atoms with Crippen LogP contribution in [-0.2, 0) is 4.84 Å². The van der Waals surface area contributed by atoms with Crippen LogP contribution in [0.4, 0.5) is 4.79 Å². The number of rotatable bonds is 4. The molecule has 2 heterocycles. The number of hydrogen-bond donors (Lipinski definition) is 1. The Labute approximate surface area is 108 Å². The predicted octanol–water partition coefficient (Wildman–Crippen LogP) is -0.176. The molecular formula is C10H11N7O2. The average molecular weight is 261 g/mol. The maximum atomic E-state index is 11.5. The summed E-state index contributed by atoms with van der Waals surface area (Å²) in [5, 5.41) is 12.6. The zero-order valence-corrected chi connectivity index (χ0v) is 10.1. The number of carbonyl (C=O) groups excluding carboxylic acids is 1. The average Bonchev–Trinajstić information content (AvgIpc) is 2.46. The van der Waals surface area contributed by atoms with Crippen molar-refractivity contribution in [3.8, 4) is 0 Å². The summed E-state index contributed by atoms with van der Waals surface area (Å²) in [6.07, 6.45) is 7.45. The van der Waals surface area contributed by atoms with Gasteiger partial charge in [-0.15, -0.1) is 0 Å². The van der Waals surface area contributed by atoms with E-state index < -0.39 is 6.03 Å². The lowest BCUT2D eigenvalue weighted by Gasteiger charge is -2.19. The van der Waals surface area contributed by atoms with Crippen molar-refractivity contribution in [1.82, 2.24) is 20.4 Å². The summed E-state index contributed by atoms with van der Waals surface area (Å²) in [5.41, 5.74) is 3.36. The molecule has 0 atom stereocenters. The molecule has 98 valence electrons. The van der Waals surface area contributed by atoms with Crippen molar-refractivity contribution in [2.75, 3.05) is 13.7 Å². The second-order valence-electron chi connectivity index (χ2n) is 3.37. The van der Waals surface area contributed by atoms with Gasteiger partial charge in [-0.05, 0) is 0 Å². The zero-order chi connectivity index (χ0) is 13.5. The topological polar surface area (TPSA) is 104 Å². The van der Waals surface area contributed by atoms with Gasteiger partial charge >= 0.3 is 6.03 Å². The summed E-state index contributed by atoms with van der Waals surface area (Å²) < 4.78 is 0. The van der Waals surface area contributed by atoms with Gasteiger partial charge in [0.1, 0.15) is 18.5 Å². The molecule has 0 saturated carbocycles. The molecule has 2 amide bonds. The van der Waals surface area contributed by atoms with E-state index in [1.54, 1.807) is 6.20 Å². The highest BCUT2D eigenvalue weighted by atomic mass is 16.6. The number of hydrogen-bond acceptors (Lipinski definition) is 7. The maximum absolute atomic E-state index is 11.5. The fourth-order valence-corrected chi connectivity index (χ4v) is 1.22. The molecule has 0 bridgehead atoms. The van der Waals surface area contributed by atoms with Crippen LogP contribution in [0.25, 0.3) is 0 Å². The van der Waals surface area contributed by atoms with Gasteiger partial charge in [-0.2, -0.15) is 10.2 Å². The summed E-state index contributed by atoms with van der Waals surface area (Å²) in [6.45, 7) is 0.190. The monoisotopic (exact) mass is 261 g/mol. The minimum absolute atomic E-state index is 0.190. The molecule has 1 N–H and O–H groups in total. The second-order valence-corrected chi connectivity index (χ2v) is 3.37. The first-order valence-electron chi connectivity index (χ1n) is 5.30. The van der Waals surface area contributed by atoms with Crippen LogP contribution in [0.15, 0.2) is 33.9 Å². The van der Waals surface area contributed by atoms with Crippen LogP contribution in [0.3, 0.4) is 0 Å². The van der Waals surface area contributed by atoms with Crippen LogP contribution in [0.5, 0.6) is 0 Å². The SMILES string of the molecule is CON=CC1=NNC(=O)N(N=Cc2cnccn2)C1. The van der Waals surface area contributed by atoms with Crippen LogP contribution >= 0.6 is 0 Å². The van der Waals surface area contributed by atoms with Gasteiger partial charge in [0.2, 0.25) is 0 Å². The Morgan fingerprint density at radius 1 is 1.47 bits per heavy atom. The van der Waals surface area contributed by atoms with Gasteiger partial charge in [0, 0.05) is 12.4 Å². The molecule has 0 aromatic carbocycles. The van der Waals surface area contributed by atoms with Crippen LogP contribution in [0, 0.1) is 0 Å². The number of oxime groups is 1. The van der Waals surface area contributed by atoms with E-state index in [4.69, 9.17) is 0 Å². The Morgan fingerprint density at radius 2 is 2.37 bits per heavy atom. The van der Waals surface area contributed by atoms with E-state index in [9.17, 15) is 4.79 Å². The summed E-state index contributed by atoms with van der Waals surface area (Å²) in [7, 11) is 1.42. The Kier molecular flexibility index (Phi) is 4.11. The summed E-state index contributed by atoms with van der Waals surface area (Å²) >= 11 is 0. The molecule has 19 heavy (non-hydrogen) atoms. The first-order valence-corrected chi connectivity index (χ1v) is 5.30. The van der Waals surface area contributed by atoms with E-state index in [-0.39, 0.29) is 6.54 Å². The lowest BCUT2D eigenvalue weighted by atomic mass is 10.4. The molecule has 1 aliphatic heterocycles. The number of amides is 2.